The zero-order valence-corrected chi connectivity index (χ0v) is 6.11. The van der Waals surface area contributed by atoms with Crippen molar-refractivity contribution in [1.82, 2.24) is 9.27 Å². The molecule has 1 aromatic heterocycles. The van der Waals surface area contributed by atoms with Crippen LogP contribution in [0.25, 0.3) is 0 Å². The predicted molar refractivity (Wildman–Crippen MR) is 37.3 cm³/mol. The van der Waals surface area contributed by atoms with Crippen LogP contribution in [0.2, 0.25) is 0 Å². The van der Waals surface area contributed by atoms with Gasteiger partial charge in [0.05, 0.1) is 5.69 Å². The molecule has 0 saturated carbocycles. The summed E-state index contributed by atoms with van der Waals surface area (Å²) in [4.78, 5) is 2.27. The van der Waals surface area contributed by atoms with Crippen LogP contribution in [-0.2, 0) is 13.1 Å². The average molecular weight is 140 g/mol. The molecular weight excluding hydrogens is 132 g/mol. The van der Waals surface area contributed by atoms with Crippen LogP contribution in [0.4, 0.5) is 0 Å². The van der Waals surface area contributed by atoms with Gasteiger partial charge in [0.1, 0.15) is 0 Å². The monoisotopic (exact) mass is 140 g/mol. The molecule has 9 heavy (non-hydrogen) atoms. The van der Waals surface area contributed by atoms with E-state index in [1.807, 2.05) is 0 Å². The first-order chi connectivity index (χ1) is 4.36. The molecule has 2 nitrogen and oxygen atoms in total. The van der Waals surface area contributed by atoms with Crippen LogP contribution < -0.4 is 0 Å². The molecule has 0 amide bonds. The van der Waals surface area contributed by atoms with Crippen molar-refractivity contribution in [2.45, 2.75) is 13.1 Å². The highest BCUT2D eigenvalue weighted by Gasteiger charge is 2.16. The van der Waals surface area contributed by atoms with E-state index in [9.17, 15) is 0 Å². The quantitative estimate of drug-likeness (QED) is 0.536. The largest absolute Gasteiger partial charge is 0.296 e. The van der Waals surface area contributed by atoms with Crippen molar-refractivity contribution >= 4 is 11.5 Å². The molecule has 48 valence electrons. The van der Waals surface area contributed by atoms with Gasteiger partial charge in [0.25, 0.3) is 0 Å². The van der Waals surface area contributed by atoms with Crippen molar-refractivity contribution in [1.29, 1.82) is 0 Å². The van der Waals surface area contributed by atoms with E-state index in [1.165, 1.54) is 11.3 Å². The summed E-state index contributed by atoms with van der Waals surface area (Å²) in [6.45, 7) is 2.13. The minimum absolute atomic E-state index is 1.04. The molecule has 0 fully saturated rings. The highest BCUT2D eigenvalue weighted by molar-refractivity contribution is 7.03. The first kappa shape index (κ1) is 5.38. The van der Waals surface area contributed by atoms with Gasteiger partial charge >= 0.3 is 0 Å². The van der Waals surface area contributed by atoms with Gasteiger partial charge in [-0.1, -0.05) is 0 Å². The lowest BCUT2D eigenvalue weighted by atomic mass is 10.3. The lowest BCUT2D eigenvalue weighted by Gasteiger charge is -2.02. The van der Waals surface area contributed by atoms with Crippen LogP contribution in [0.5, 0.6) is 0 Å². The second-order valence-electron chi connectivity index (χ2n) is 2.46. The molecule has 3 heteroatoms. The van der Waals surface area contributed by atoms with Crippen LogP contribution in [-0.4, -0.2) is 16.3 Å². The SMILES string of the molecule is CN1Cc2csnc2C1. The lowest BCUT2D eigenvalue weighted by Crippen LogP contribution is -2.07. The third kappa shape index (κ3) is 0.767. The Bertz CT molecular complexity index is 198. The van der Waals surface area contributed by atoms with Gasteiger partial charge in [0, 0.05) is 24.0 Å². The number of fused-ring (bicyclic) bond motifs is 1. The zero-order chi connectivity index (χ0) is 6.27. The Balaban J connectivity index is 2.39. The summed E-state index contributed by atoms with van der Waals surface area (Å²) >= 11 is 1.57. The third-order valence-corrected chi connectivity index (χ3v) is 2.30. The molecule has 1 aliphatic heterocycles. The third-order valence-electron chi connectivity index (χ3n) is 1.59. The van der Waals surface area contributed by atoms with E-state index >= 15 is 0 Å². The number of nitrogens with zero attached hydrogens (tertiary/aromatic N) is 2. The number of hydrogen-bond donors (Lipinski definition) is 0. The van der Waals surface area contributed by atoms with Crippen molar-refractivity contribution in [3.05, 3.63) is 16.6 Å². The van der Waals surface area contributed by atoms with Gasteiger partial charge in [0.2, 0.25) is 0 Å². The van der Waals surface area contributed by atoms with Crippen LogP contribution in [0, 0.1) is 0 Å². The molecule has 2 heterocycles. The molecule has 0 N–H and O–H groups in total. The molecule has 0 atom stereocenters. The fourth-order valence-corrected chi connectivity index (χ4v) is 1.83. The molecule has 2 rings (SSSR count). The van der Waals surface area contributed by atoms with Crippen LogP contribution >= 0.6 is 11.5 Å². The first-order valence-electron chi connectivity index (χ1n) is 2.97. The molecule has 0 radical (unpaired) electrons. The van der Waals surface area contributed by atoms with E-state index in [4.69, 9.17) is 0 Å². The smallest absolute Gasteiger partial charge is 0.0727 e. The van der Waals surface area contributed by atoms with E-state index < -0.39 is 0 Å². The molecule has 0 unspecified atom stereocenters. The highest BCUT2D eigenvalue weighted by Crippen LogP contribution is 2.20. The molecule has 1 aliphatic rings. The molecular formula is C6H8N2S. The minimum Gasteiger partial charge on any atom is -0.296 e. The second kappa shape index (κ2) is 1.78. The summed E-state index contributed by atoms with van der Waals surface area (Å²) in [5, 5.41) is 2.14. The fourth-order valence-electron chi connectivity index (χ4n) is 1.14. The Morgan fingerprint density at radius 1 is 1.67 bits per heavy atom. The summed E-state index contributed by atoms with van der Waals surface area (Å²) in [6, 6.07) is 0. The van der Waals surface area contributed by atoms with E-state index in [0.29, 0.717) is 0 Å². The number of hydrogen-bond acceptors (Lipinski definition) is 3. The fraction of sp³-hybridized carbons (Fsp3) is 0.500. The van der Waals surface area contributed by atoms with Crippen molar-refractivity contribution in [3.8, 4) is 0 Å². The van der Waals surface area contributed by atoms with Crippen molar-refractivity contribution in [3.63, 3.8) is 0 Å². The zero-order valence-electron chi connectivity index (χ0n) is 5.29. The molecule has 0 bridgehead atoms. The summed E-state index contributed by atoms with van der Waals surface area (Å²) < 4.78 is 4.25. The normalized spacial score (nSPS) is 18.3. The van der Waals surface area contributed by atoms with Gasteiger partial charge in [-0.25, -0.2) is 0 Å². The van der Waals surface area contributed by atoms with Crippen LogP contribution in [0.1, 0.15) is 11.3 Å². The van der Waals surface area contributed by atoms with Gasteiger partial charge in [-0.15, -0.1) is 0 Å². The minimum atomic E-state index is 1.04. The maximum absolute atomic E-state index is 4.25. The number of rotatable bonds is 0. The maximum Gasteiger partial charge on any atom is 0.0727 e. The van der Waals surface area contributed by atoms with E-state index in [-0.39, 0.29) is 0 Å². The van der Waals surface area contributed by atoms with Gasteiger partial charge in [-0.05, 0) is 18.6 Å². The molecule has 0 aromatic carbocycles. The number of aromatic nitrogens is 1. The molecule has 1 aromatic rings. The topological polar surface area (TPSA) is 16.1 Å². The van der Waals surface area contributed by atoms with E-state index in [2.05, 4.69) is 21.7 Å². The highest BCUT2D eigenvalue weighted by atomic mass is 32.1. The summed E-state index contributed by atoms with van der Waals surface area (Å²) in [6.07, 6.45) is 0. The van der Waals surface area contributed by atoms with Crippen LogP contribution in [0.3, 0.4) is 0 Å². The predicted octanol–water partition coefficient (Wildman–Crippen LogP) is 1.09. The van der Waals surface area contributed by atoms with Gasteiger partial charge < -0.3 is 0 Å². The Morgan fingerprint density at radius 2 is 2.56 bits per heavy atom. The van der Waals surface area contributed by atoms with Crippen LogP contribution in [0.15, 0.2) is 5.38 Å². The Kier molecular flexibility index (Phi) is 1.07. The standard InChI is InChI=1S/C6H8N2S/c1-8-2-5-4-9-7-6(5)3-8/h4H,2-3H2,1H3. The Hall–Kier alpha value is -0.410. The molecule has 0 saturated heterocycles. The maximum atomic E-state index is 4.25. The molecule has 0 spiro atoms. The van der Waals surface area contributed by atoms with E-state index in [1.54, 1.807) is 11.5 Å². The van der Waals surface area contributed by atoms with Gasteiger partial charge in [-0.3, -0.25) is 4.90 Å². The molecule has 0 aliphatic carbocycles. The Labute approximate surface area is 58.3 Å². The second-order valence-corrected chi connectivity index (χ2v) is 3.09. The summed E-state index contributed by atoms with van der Waals surface area (Å²) in [5.41, 5.74) is 2.70. The van der Waals surface area contributed by atoms with Gasteiger partial charge in [-0.2, -0.15) is 4.37 Å². The van der Waals surface area contributed by atoms with Crippen molar-refractivity contribution in [2.75, 3.05) is 7.05 Å². The Morgan fingerprint density at radius 3 is 3.33 bits per heavy atom. The van der Waals surface area contributed by atoms with Gasteiger partial charge in [0.15, 0.2) is 0 Å². The van der Waals surface area contributed by atoms with Crippen molar-refractivity contribution in [2.24, 2.45) is 0 Å². The summed E-state index contributed by atoms with van der Waals surface area (Å²) in [5.74, 6) is 0. The average Bonchev–Trinajstić information content (AvgIpc) is 2.22. The van der Waals surface area contributed by atoms with Crippen molar-refractivity contribution < 1.29 is 0 Å². The first-order valence-corrected chi connectivity index (χ1v) is 3.80. The van der Waals surface area contributed by atoms with E-state index in [0.717, 1.165) is 13.1 Å². The summed E-state index contributed by atoms with van der Waals surface area (Å²) in [7, 11) is 2.12. The lowest BCUT2D eigenvalue weighted by molar-refractivity contribution is 0.351.